The maximum Gasteiger partial charge on any atom is 0.206 e. The van der Waals surface area contributed by atoms with Crippen LogP contribution in [0.25, 0.3) is 0 Å². The first-order valence-electron chi connectivity index (χ1n) is 7.11. The van der Waals surface area contributed by atoms with Crippen molar-refractivity contribution in [2.45, 2.75) is 63.0 Å². The highest BCUT2D eigenvalue weighted by atomic mass is 16.5. The second-order valence-electron chi connectivity index (χ2n) is 5.53. The van der Waals surface area contributed by atoms with E-state index >= 15 is 0 Å². The van der Waals surface area contributed by atoms with Crippen molar-refractivity contribution >= 4 is 5.96 Å². The first kappa shape index (κ1) is 13.6. The predicted octanol–water partition coefficient (Wildman–Crippen LogP) is 1.30. The molecule has 0 aromatic rings. The number of rotatable bonds is 4. The van der Waals surface area contributed by atoms with Gasteiger partial charge in [-0.15, -0.1) is 0 Å². The summed E-state index contributed by atoms with van der Waals surface area (Å²) in [7, 11) is 1.78. The number of nitrogens with zero attached hydrogens (tertiary/aromatic N) is 1. The SMILES string of the molecule is COC1(CN=C(NN)NC2CCCCC2)CCC1. The van der Waals surface area contributed by atoms with Gasteiger partial charge in [0.2, 0.25) is 5.96 Å². The molecule has 0 spiro atoms. The molecule has 0 amide bonds. The maximum absolute atomic E-state index is 5.56. The van der Waals surface area contributed by atoms with E-state index in [-0.39, 0.29) is 5.60 Å². The summed E-state index contributed by atoms with van der Waals surface area (Å²) in [6, 6.07) is 0.522. The molecule has 18 heavy (non-hydrogen) atoms. The van der Waals surface area contributed by atoms with Crippen molar-refractivity contribution in [3.8, 4) is 0 Å². The van der Waals surface area contributed by atoms with Crippen LogP contribution >= 0.6 is 0 Å². The Morgan fingerprint density at radius 1 is 1.28 bits per heavy atom. The molecule has 0 unspecified atom stereocenters. The van der Waals surface area contributed by atoms with Crippen LogP contribution in [0.2, 0.25) is 0 Å². The zero-order chi connectivity index (χ0) is 12.8. The normalized spacial score (nSPS) is 24.4. The molecule has 0 saturated heterocycles. The molecular weight excluding hydrogens is 228 g/mol. The van der Waals surface area contributed by atoms with Crippen LogP contribution in [-0.4, -0.2) is 31.3 Å². The Bertz CT molecular complexity index is 277. The van der Waals surface area contributed by atoms with Crippen LogP contribution in [0, 0.1) is 0 Å². The molecule has 2 aliphatic rings. The minimum atomic E-state index is -0.0314. The first-order chi connectivity index (χ1) is 8.78. The minimum absolute atomic E-state index is 0.0314. The quantitative estimate of drug-likeness (QED) is 0.306. The van der Waals surface area contributed by atoms with E-state index in [2.05, 4.69) is 15.7 Å². The molecule has 0 radical (unpaired) electrons. The van der Waals surface area contributed by atoms with Gasteiger partial charge >= 0.3 is 0 Å². The van der Waals surface area contributed by atoms with E-state index in [1.165, 1.54) is 38.5 Å². The average molecular weight is 254 g/mol. The zero-order valence-corrected chi connectivity index (χ0v) is 11.4. The topological polar surface area (TPSA) is 71.7 Å². The Balaban J connectivity index is 1.83. The van der Waals surface area contributed by atoms with Crippen LogP contribution < -0.4 is 16.6 Å². The van der Waals surface area contributed by atoms with Crippen molar-refractivity contribution < 1.29 is 4.74 Å². The largest absolute Gasteiger partial charge is 0.376 e. The van der Waals surface area contributed by atoms with Gasteiger partial charge in [-0.2, -0.15) is 0 Å². The summed E-state index contributed by atoms with van der Waals surface area (Å²) in [5.41, 5.74) is 2.65. The highest BCUT2D eigenvalue weighted by molar-refractivity contribution is 5.79. The summed E-state index contributed by atoms with van der Waals surface area (Å²) in [6.07, 6.45) is 9.85. The van der Waals surface area contributed by atoms with E-state index in [1.54, 1.807) is 7.11 Å². The van der Waals surface area contributed by atoms with E-state index in [4.69, 9.17) is 10.6 Å². The average Bonchev–Trinajstić information content (AvgIpc) is 2.37. The number of nitrogens with one attached hydrogen (secondary N) is 2. The molecule has 0 aromatic carbocycles. The van der Waals surface area contributed by atoms with Crippen LogP contribution in [0.15, 0.2) is 4.99 Å². The van der Waals surface area contributed by atoms with Gasteiger partial charge in [0.15, 0.2) is 0 Å². The lowest BCUT2D eigenvalue weighted by Crippen LogP contribution is -2.49. The Kier molecular flexibility index (Phi) is 4.83. The van der Waals surface area contributed by atoms with E-state index in [9.17, 15) is 0 Å². The van der Waals surface area contributed by atoms with Crippen LogP contribution in [0.3, 0.4) is 0 Å². The van der Waals surface area contributed by atoms with E-state index in [0.29, 0.717) is 18.5 Å². The van der Waals surface area contributed by atoms with Gasteiger partial charge in [-0.3, -0.25) is 5.43 Å². The van der Waals surface area contributed by atoms with Gasteiger partial charge in [-0.1, -0.05) is 19.3 Å². The number of hydrogen-bond acceptors (Lipinski definition) is 3. The Hall–Kier alpha value is -0.810. The van der Waals surface area contributed by atoms with E-state index in [1.807, 2.05) is 0 Å². The van der Waals surface area contributed by atoms with E-state index in [0.717, 1.165) is 12.8 Å². The number of guanidine groups is 1. The Morgan fingerprint density at radius 3 is 2.50 bits per heavy atom. The van der Waals surface area contributed by atoms with Gasteiger partial charge in [-0.05, 0) is 32.1 Å². The number of hydrogen-bond donors (Lipinski definition) is 3. The number of aliphatic imine (C=N–C) groups is 1. The van der Waals surface area contributed by atoms with Crippen molar-refractivity contribution in [2.75, 3.05) is 13.7 Å². The first-order valence-corrected chi connectivity index (χ1v) is 7.11. The molecular formula is C13H26N4O. The molecule has 2 fully saturated rings. The van der Waals surface area contributed by atoms with Gasteiger partial charge in [-0.25, -0.2) is 10.8 Å². The number of methoxy groups -OCH3 is 1. The monoisotopic (exact) mass is 254 g/mol. The molecule has 4 N–H and O–H groups in total. The molecule has 5 heteroatoms. The molecule has 104 valence electrons. The van der Waals surface area contributed by atoms with Gasteiger partial charge in [0.05, 0.1) is 12.1 Å². The lowest BCUT2D eigenvalue weighted by atomic mass is 9.80. The lowest BCUT2D eigenvalue weighted by Gasteiger charge is -2.39. The van der Waals surface area contributed by atoms with Crippen molar-refractivity contribution in [1.29, 1.82) is 0 Å². The highest BCUT2D eigenvalue weighted by Crippen LogP contribution is 2.35. The predicted molar refractivity (Wildman–Crippen MR) is 73.2 cm³/mol. The van der Waals surface area contributed by atoms with Crippen molar-refractivity contribution in [1.82, 2.24) is 10.7 Å². The standard InChI is InChI=1S/C13H26N4O/c1-18-13(8-5-9-13)10-15-12(17-14)16-11-6-3-2-4-7-11/h11H,2-10,14H2,1H3,(H2,15,16,17). The van der Waals surface area contributed by atoms with Crippen LogP contribution in [0.4, 0.5) is 0 Å². The second kappa shape index (κ2) is 6.38. The highest BCUT2D eigenvalue weighted by Gasteiger charge is 2.36. The van der Waals surface area contributed by atoms with Crippen LogP contribution in [-0.2, 0) is 4.74 Å². The van der Waals surface area contributed by atoms with Gasteiger partial charge < -0.3 is 10.1 Å². The number of nitrogens with two attached hydrogens (primary N) is 1. The molecule has 0 aromatic heterocycles. The summed E-state index contributed by atoms with van der Waals surface area (Å²) in [5.74, 6) is 6.25. The smallest absolute Gasteiger partial charge is 0.206 e. The van der Waals surface area contributed by atoms with Gasteiger partial charge in [0.1, 0.15) is 0 Å². The fraction of sp³-hybridized carbons (Fsp3) is 0.923. The summed E-state index contributed by atoms with van der Waals surface area (Å²) in [4.78, 5) is 4.55. The van der Waals surface area contributed by atoms with Crippen molar-refractivity contribution in [3.63, 3.8) is 0 Å². The summed E-state index contributed by atoms with van der Waals surface area (Å²) in [5, 5.41) is 3.41. The molecule has 0 aliphatic heterocycles. The molecule has 2 saturated carbocycles. The third-order valence-corrected chi connectivity index (χ3v) is 4.31. The molecule has 2 aliphatic carbocycles. The van der Waals surface area contributed by atoms with Crippen molar-refractivity contribution in [2.24, 2.45) is 10.8 Å². The third kappa shape index (κ3) is 3.36. The minimum Gasteiger partial charge on any atom is -0.376 e. The molecule has 0 atom stereocenters. The van der Waals surface area contributed by atoms with Gasteiger partial charge in [0, 0.05) is 13.2 Å². The molecule has 5 nitrogen and oxygen atoms in total. The van der Waals surface area contributed by atoms with Crippen molar-refractivity contribution in [3.05, 3.63) is 0 Å². The lowest BCUT2D eigenvalue weighted by molar-refractivity contribution is -0.0630. The summed E-state index contributed by atoms with van der Waals surface area (Å²) < 4.78 is 5.56. The molecule has 0 bridgehead atoms. The van der Waals surface area contributed by atoms with Gasteiger partial charge in [0.25, 0.3) is 0 Å². The third-order valence-electron chi connectivity index (χ3n) is 4.31. The fourth-order valence-electron chi connectivity index (χ4n) is 2.79. The number of ether oxygens (including phenoxy) is 1. The summed E-state index contributed by atoms with van der Waals surface area (Å²) in [6.45, 7) is 0.697. The maximum atomic E-state index is 5.56. The number of hydrazine groups is 1. The Morgan fingerprint density at radius 2 is 2.00 bits per heavy atom. The molecule has 2 rings (SSSR count). The summed E-state index contributed by atoms with van der Waals surface area (Å²) >= 11 is 0. The second-order valence-corrected chi connectivity index (χ2v) is 5.53. The Labute approximate surface area is 110 Å². The van der Waals surface area contributed by atoms with Crippen LogP contribution in [0.5, 0.6) is 0 Å². The zero-order valence-electron chi connectivity index (χ0n) is 11.4. The fourth-order valence-corrected chi connectivity index (χ4v) is 2.79. The van der Waals surface area contributed by atoms with Crippen LogP contribution in [0.1, 0.15) is 51.4 Å². The van der Waals surface area contributed by atoms with E-state index < -0.39 is 0 Å². The molecule has 0 heterocycles.